The molecule has 7 heteroatoms. The Hall–Kier alpha value is -3.89. The van der Waals surface area contributed by atoms with Crippen LogP contribution < -0.4 is 9.80 Å². The van der Waals surface area contributed by atoms with Crippen molar-refractivity contribution in [1.82, 2.24) is 9.80 Å². The van der Waals surface area contributed by atoms with Gasteiger partial charge >= 0.3 is 0 Å². The summed E-state index contributed by atoms with van der Waals surface area (Å²) in [4.78, 5) is 22.1. The highest BCUT2D eigenvalue weighted by Gasteiger charge is 2.26. The monoisotopic (exact) mass is 511 g/mol. The smallest absolute Gasteiger partial charge is 0.254 e. The molecule has 0 radical (unpaired) electrons. The van der Waals surface area contributed by atoms with Crippen LogP contribution in [0.2, 0.25) is 0 Å². The van der Waals surface area contributed by atoms with Gasteiger partial charge in [-0.15, -0.1) is 0 Å². The first-order valence-corrected chi connectivity index (χ1v) is 13.3. The first kappa shape index (κ1) is 25.7. The van der Waals surface area contributed by atoms with Gasteiger partial charge in [-0.1, -0.05) is 30.3 Å². The molecule has 0 saturated carbocycles. The fourth-order valence-corrected chi connectivity index (χ4v) is 5.56. The number of hydrogen-bond donors (Lipinski definition) is 0. The molecule has 0 aliphatic carbocycles. The lowest BCUT2D eigenvalue weighted by atomic mass is 9.98. The SMILES string of the molecule is Cc1cc(C)c(C(=O)N2CCN(c3ccccc3F)CC2)cc1CN1CCN(c2ccccc2C#N)CC1. The Morgan fingerprint density at radius 3 is 2.11 bits per heavy atom. The number of nitriles is 1. The molecule has 38 heavy (non-hydrogen) atoms. The second kappa shape index (κ2) is 11.2. The topological polar surface area (TPSA) is 53.8 Å². The number of para-hydroxylation sites is 2. The van der Waals surface area contributed by atoms with E-state index in [1.165, 1.54) is 17.2 Å². The van der Waals surface area contributed by atoms with Gasteiger partial charge in [0, 0.05) is 64.5 Å². The number of carbonyl (C=O) groups excluding carboxylic acids is 1. The van der Waals surface area contributed by atoms with Gasteiger partial charge in [0.15, 0.2) is 0 Å². The lowest BCUT2D eigenvalue weighted by Crippen LogP contribution is -2.49. The molecule has 2 aliphatic heterocycles. The van der Waals surface area contributed by atoms with E-state index in [4.69, 9.17) is 0 Å². The first-order valence-electron chi connectivity index (χ1n) is 13.3. The summed E-state index contributed by atoms with van der Waals surface area (Å²) in [6, 6.07) is 21.1. The van der Waals surface area contributed by atoms with Crippen molar-refractivity contribution >= 4 is 17.3 Å². The van der Waals surface area contributed by atoms with Gasteiger partial charge in [0.1, 0.15) is 11.9 Å². The predicted octanol–water partition coefficient (Wildman–Crippen LogP) is 4.60. The average Bonchev–Trinajstić information content (AvgIpc) is 2.95. The van der Waals surface area contributed by atoms with Gasteiger partial charge in [0.2, 0.25) is 0 Å². The van der Waals surface area contributed by atoms with Crippen molar-refractivity contribution in [2.24, 2.45) is 0 Å². The zero-order valence-corrected chi connectivity index (χ0v) is 22.2. The van der Waals surface area contributed by atoms with Crippen LogP contribution in [-0.4, -0.2) is 68.1 Å². The summed E-state index contributed by atoms with van der Waals surface area (Å²) in [5.74, 6) is -0.170. The maximum Gasteiger partial charge on any atom is 0.254 e. The van der Waals surface area contributed by atoms with Crippen LogP contribution >= 0.6 is 0 Å². The van der Waals surface area contributed by atoms with Gasteiger partial charge in [0.05, 0.1) is 16.9 Å². The Kier molecular flexibility index (Phi) is 7.62. The van der Waals surface area contributed by atoms with Crippen molar-refractivity contribution in [3.8, 4) is 6.07 Å². The molecular formula is C31H34FN5O. The van der Waals surface area contributed by atoms with Crippen molar-refractivity contribution < 1.29 is 9.18 Å². The second-order valence-electron chi connectivity index (χ2n) is 10.2. The summed E-state index contributed by atoms with van der Waals surface area (Å²) in [7, 11) is 0. The lowest BCUT2D eigenvalue weighted by Gasteiger charge is -2.37. The molecule has 0 unspecified atom stereocenters. The van der Waals surface area contributed by atoms with Crippen LogP contribution in [0.25, 0.3) is 0 Å². The number of piperazine rings is 2. The second-order valence-corrected chi connectivity index (χ2v) is 10.2. The molecule has 0 atom stereocenters. The Labute approximate surface area is 224 Å². The van der Waals surface area contributed by atoms with E-state index >= 15 is 0 Å². The van der Waals surface area contributed by atoms with Gasteiger partial charge < -0.3 is 14.7 Å². The van der Waals surface area contributed by atoms with E-state index in [2.05, 4.69) is 34.9 Å². The summed E-state index contributed by atoms with van der Waals surface area (Å²) in [6.45, 7) is 10.8. The largest absolute Gasteiger partial charge is 0.368 e. The minimum atomic E-state index is -0.221. The lowest BCUT2D eigenvalue weighted by molar-refractivity contribution is 0.0745. The zero-order chi connectivity index (χ0) is 26.6. The standard InChI is InChI=1S/C31H34FN5O/c1-23-19-24(2)27(31(38)37-17-15-36(16-18-37)30-10-6-4-8-28(30)32)20-26(23)22-34-11-13-35(14-12-34)29-9-5-3-7-25(29)21-33/h3-10,19-20H,11-18,22H2,1-2H3. The molecule has 0 bridgehead atoms. The van der Waals surface area contributed by atoms with Gasteiger partial charge in [-0.3, -0.25) is 9.69 Å². The third kappa shape index (κ3) is 5.36. The third-order valence-electron chi connectivity index (χ3n) is 7.80. The quantitative estimate of drug-likeness (QED) is 0.501. The molecule has 0 spiro atoms. The van der Waals surface area contributed by atoms with Crippen LogP contribution in [0.1, 0.15) is 32.6 Å². The Morgan fingerprint density at radius 1 is 0.816 bits per heavy atom. The molecule has 1 amide bonds. The van der Waals surface area contributed by atoms with Crippen molar-refractivity contribution in [1.29, 1.82) is 5.26 Å². The Morgan fingerprint density at radius 2 is 1.42 bits per heavy atom. The molecule has 5 rings (SSSR count). The van der Waals surface area contributed by atoms with E-state index in [0.717, 1.165) is 49.5 Å². The minimum Gasteiger partial charge on any atom is -0.368 e. The van der Waals surface area contributed by atoms with Gasteiger partial charge in [-0.2, -0.15) is 5.26 Å². The van der Waals surface area contributed by atoms with E-state index < -0.39 is 0 Å². The van der Waals surface area contributed by atoms with E-state index in [0.29, 0.717) is 37.4 Å². The number of nitrogens with zero attached hydrogens (tertiary/aromatic N) is 5. The number of anilines is 2. The van der Waals surface area contributed by atoms with Crippen molar-refractivity contribution in [3.63, 3.8) is 0 Å². The number of hydrogen-bond acceptors (Lipinski definition) is 5. The normalized spacial score (nSPS) is 16.4. The molecule has 196 valence electrons. The van der Waals surface area contributed by atoms with Gasteiger partial charge in [0.25, 0.3) is 5.91 Å². The van der Waals surface area contributed by atoms with Crippen LogP contribution in [0.5, 0.6) is 0 Å². The third-order valence-corrected chi connectivity index (χ3v) is 7.80. The van der Waals surface area contributed by atoms with Gasteiger partial charge in [-0.25, -0.2) is 4.39 Å². The maximum absolute atomic E-state index is 14.2. The fraction of sp³-hybridized carbons (Fsp3) is 0.355. The highest BCUT2D eigenvalue weighted by molar-refractivity contribution is 5.96. The Balaban J connectivity index is 1.23. The number of carbonyl (C=O) groups is 1. The van der Waals surface area contributed by atoms with E-state index in [9.17, 15) is 14.4 Å². The zero-order valence-electron chi connectivity index (χ0n) is 22.2. The molecule has 3 aromatic carbocycles. The van der Waals surface area contributed by atoms with Crippen LogP contribution in [0.3, 0.4) is 0 Å². The number of benzene rings is 3. The number of aryl methyl sites for hydroxylation is 2. The van der Waals surface area contributed by atoms with Crippen LogP contribution in [0.15, 0.2) is 60.7 Å². The van der Waals surface area contributed by atoms with Crippen LogP contribution in [0, 0.1) is 31.0 Å². The summed E-state index contributed by atoms with van der Waals surface area (Å²) in [6.07, 6.45) is 0. The molecule has 0 N–H and O–H groups in total. The minimum absolute atomic E-state index is 0.0508. The number of amides is 1. The first-order chi connectivity index (χ1) is 18.4. The summed E-state index contributed by atoms with van der Waals surface area (Å²) >= 11 is 0. The maximum atomic E-state index is 14.2. The van der Waals surface area contributed by atoms with E-state index in [1.54, 1.807) is 12.1 Å². The van der Waals surface area contributed by atoms with Crippen LogP contribution in [0.4, 0.5) is 15.8 Å². The highest BCUT2D eigenvalue weighted by atomic mass is 19.1. The molecular weight excluding hydrogens is 477 g/mol. The molecule has 3 aromatic rings. The molecule has 2 saturated heterocycles. The Bertz CT molecular complexity index is 1350. The molecule has 2 heterocycles. The predicted molar refractivity (Wildman–Crippen MR) is 149 cm³/mol. The fourth-order valence-electron chi connectivity index (χ4n) is 5.56. The van der Waals surface area contributed by atoms with Crippen LogP contribution in [-0.2, 0) is 6.54 Å². The summed E-state index contributed by atoms with van der Waals surface area (Å²) in [5.41, 5.74) is 6.44. The van der Waals surface area contributed by atoms with Crippen molar-refractivity contribution in [2.45, 2.75) is 20.4 Å². The molecule has 6 nitrogen and oxygen atoms in total. The van der Waals surface area contributed by atoms with Gasteiger partial charge in [-0.05, 0) is 60.9 Å². The van der Waals surface area contributed by atoms with Crippen molar-refractivity contribution in [3.05, 3.63) is 94.3 Å². The molecule has 2 aliphatic rings. The summed E-state index contributed by atoms with van der Waals surface area (Å²) in [5, 5.41) is 9.45. The van der Waals surface area contributed by atoms with Crippen molar-refractivity contribution in [2.75, 3.05) is 62.2 Å². The highest BCUT2D eigenvalue weighted by Crippen LogP contribution is 2.25. The summed E-state index contributed by atoms with van der Waals surface area (Å²) < 4.78 is 14.2. The molecule has 2 fully saturated rings. The number of rotatable bonds is 5. The van der Waals surface area contributed by atoms with E-state index in [-0.39, 0.29) is 11.7 Å². The average molecular weight is 512 g/mol. The molecule has 0 aromatic heterocycles. The van der Waals surface area contributed by atoms with E-state index in [1.807, 2.05) is 47.1 Å². The number of halogens is 1.